The molecule has 7 heteroatoms. The van der Waals surface area contributed by atoms with Crippen molar-refractivity contribution < 1.29 is 19.5 Å². The predicted molar refractivity (Wildman–Crippen MR) is 104 cm³/mol. The van der Waals surface area contributed by atoms with E-state index in [4.69, 9.17) is 33.1 Å². The summed E-state index contributed by atoms with van der Waals surface area (Å²) in [4.78, 5) is 29.3. The van der Waals surface area contributed by atoms with E-state index in [0.29, 0.717) is 21.1 Å². The van der Waals surface area contributed by atoms with Crippen LogP contribution in [0.2, 0.25) is 10.0 Å². The van der Waals surface area contributed by atoms with Crippen LogP contribution in [0.4, 0.5) is 0 Å². The lowest BCUT2D eigenvalue weighted by Crippen LogP contribution is -2.20. The van der Waals surface area contributed by atoms with Gasteiger partial charge in [-0.05, 0) is 54.6 Å². The Morgan fingerprint density at radius 1 is 0.815 bits per heavy atom. The molecule has 0 saturated heterocycles. The molecule has 0 unspecified atom stereocenters. The summed E-state index contributed by atoms with van der Waals surface area (Å²) >= 11 is 12.2. The van der Waals surface area contributed by atoms with Gasteiger partial charge in [0, 0.05) is 20.8 Å². The Hall–Kier alpha value is -3.02. The second kappa shape index (κ2) is 6.61. The Morgan fingerprint density at radius 2 is 1.37 bits per heavy atom. The minimum atomic E-state index is -1.12. The van der Waals surface area contributed by atoms with Crippen molar-refractivity contribution in [1.29, 1.82) is 0 Å². The van der Waals surface area contributed by atoms with E-state index in [1.807, 2.05) is 0 Å². The second-order valence-electron chi connectivity index (χ2n) is 5.88. The van der Waals surface area contributed by atoms with Gasteiger partial charge in [0.25, 0.3) is 0 Å². The molecule has 0 amide bonds. The molecule has 0 spiro atoms. The number of halogens is 2. The summed E-state index contributed by atoms with van der Waals surface area (Å²) in [6, 6.07) is 16.1. The first kappa shape index (κ1) is 17.4. The van der Waals surface area contributed by atoms with Gasteiger partial charge >= 0.3 is 11.9 Å². The number of carbonyl (C=O) groups is 2. The smallest absolute Gasteiger partial charge is 0.363 e. The molecular weight excluding hydrogens is 389 g/mol. The maximum Gasteiger partial charge on any atom is 0.363 e. The standard InChI is InChI=1S/C20H11Cl2NO4/c21-13-4-6-17-15(9-13)16-10-14(22)5-7-18(16)23(17)27-20(26)12-3-1-2-11(8-12)19(24)25/h1-10H,(H,24,25). The van der Waals surface area contributed by atoms with Crippen LogP contribution in [-0.4, -0.2) is 21.8 Å². The van der Waals surface area contributed by atoms with E-state index < -0.39 is 11.9 Å². The molecule has 0 fully saturated rings. The number of nitrogens with zero attached hydrogens (tertiary/aromatic N) is 1. The molecule has 0 bridgehead atoms. The van der Waals surface area contributed by atoms with Crippen molar-refractivity contribution in [2.24, 2.45) is 0 Å². The second-order valence-corrected chi connectivity index (χ2v) is 6.75. The van der Waals surface area contributed by atoms with E-state index in [1.54, 1.807) is 36.4 Å². The Morgan fingerprint density at radius 3 is 1.93 bits per heavy atom. The van der Waals surface area contributed by atoms with Crippen LogP contribution in [0.5, 0.6) is 0 Å². The lowest BCUT2D eigenvalue weighted by atomic mass is 10.1. The summed E-state index contributed by atoms with van der Waals surface area (Å²) in [6.07, 6.45) is 0. The first-order chi connectivity index (χ1) is 12.9. The summed E-state index contributed by atoms with van der Waals surface area (Å²) < 4.78 is 1.40. The zero-order valence-electron chi connectivity index (χ0n) is 13.6. The average molecular weight is 400 g/mol. The molecule has 4 rings (SSSR count). The van der Waals surface area contributed by atoms with E-state index in [2.05, 4.69) is 0 Å². The topological polar surface area (TPSA) is 68.5 Å². The molecule has 5 nitrogen and oxygen atoms in total. The van der Waals surface area contributed by atoms with Gasteiger partial charge in [-0.1, -0.05) is 29.3 Å². The van der Waals surface area contributed by atoms with E-state index in [1.165, 1.54) is 29.0 Å². The van der Waals surface area contributed by atoms with Crippen molar-refractivity contribution in [2.45, 2.75) is 0 Å². The maximum atomic E-state index is 12.6. The van der Waals surface area contributed by atoms with Gasteiger partial charge in [0.2, 0.25) is 0 Å². The highest BCUT2D eigenvalue weighted by Crippen LogP contribution is 2.32. The highest BCUT2D eigenvalue weighted by Gasteiger charge is 2.17. The van der Waals surface area contributed by atoms with Crippen molar-refractivity contribution in [3.63, 3.8) is 0 Å². The summed E-state index contributed by atoms with van der Waals surface area (Å²) in [5.41, 5.74) is 1.41. The van der Waals surface area contributed by atoms with Crippen molar-refractivity contribution >= 4 is 56.9 Å². The molecule has 1 N–H and O–H groups in total. The number of aromatic nitrogens is 1. The van der Waals surface area contributed by atoms with Gasteiger partial charge in [0.05, 0.1) is 22.2 Å². The van der Waals surface area contributed by atoms with Crippen LogP contribution in [0.3, 0.4) is 0 Å². The Labute approximate surface area is 163 Å². The van der Waals surface area contributed by atoms with Gasteiger partial charge < -0.3 is 9.94 Å². The van der Waals surface area contributed by atoms with Crippen molar-refractivity contribution in [1.82, 2.24) is 4.73 Å². The van der Waals surface area contributed by atoms with Gasteiger partial charge in [0.1, 0.15) is 0 Å². The molecule has 0 atom stereocenters. The number of benzene rings is 3. The molecule has 4 aromatic rings. The fraction of sp³-hybridized carbons (Fsp3) is 0. The van der Waals surface area contributed by atoms with Crippen molar-refractivity contribution in [3.8, 4) is 0 Å². The van der Waals surface area contributed by atoms with Crippen LogP contribution in [0.15, 0.2) is 60.7 Å². The van der Waals surface area contributed by atoms with Crippen LogP contribution in [0.1, 0.15) is 20.7 Å². The molecular formula is C20H11Cl2NO4. The number of hydrogen-bond donors (Lipinski definition) is 1. The minimum absolute atomic E-state index is 0.00485. The third kappa shape index (κ3) is 3.12. The van der Waals surface area contributed by atoms with E-state index in [9.17, 15) is 9.59 Å². The van der Waals surface area contributed by atoms with Crippen LogP contribution in [0, 0.1) is 0 Å². The molecule has 0 aliphatic rings. The zero-order valence-corrected chi connectivity index (χ0v) is 15.2. The summed E-state index contributed by atoms with van der Waals surface area (Å²) in [6.45, 7) is 0. The number of aromatic carboxylic acids is 1. The number of hydrogen-bond acceptors (Lipinski definition) is 3. The number of carboxylic acid groups (broad SMARTS) is 1. The third-order valence-corrected chi connectivity index (χ3v) is 4.63. The normalized spacial score (nSPS) is 11.0. The van der Waals surface area contributed by atoms with Gasteiger partial charge in [-0.25, -0.2) is 9.59 Å². The Kier molecular flexibility index (Phi) is 4.26. The number of carboxylic acids is 1. The molecule has 0 radical (unpaired) electrons. The Balaban J connectivity index is 1.84. The van der Waals surface area contributed by atoms with Gasteiger partial charge in [-0.2, -0.15) is 4.73 Å². The molecule has 134 valence electrons. The first-order valence-electron chi connectivity index (χ1n) is 7.89. The molecule has 1 aromatic heterocycles. The molecule has 27 heavy (non-hydrogen) atoms. The molecule has 3 aromatic carbocycles. The number of rotatable bonds is 3. The first-order valence-corrected chi connectivity index (χ1v) is 8.65. The zero-order chi connectivity index (χ0) is 19.1. The monoisotopic (exact) mass is 399 g/mol. The highest BCUT2D eigenvalue weighted by molar-refractivity contribution is 6.33. The predicted octanol–water partition coefficient (Wildman–Crippen LogP) is 5.07. The highest BCUT2D eigenvalue weighted by atomic mass is 35.5. The van der Waals surface area contributed by atoms with Crippen LogP contribution >= 0.6 is 23.2 Å². The average Bonchev–Trinajstić information content (AvgIpc) is 2.94. The molecule has 0 aliphatic carbocycles. The maximum absolute atomic E-state index is 12.6. The fourth-order valence-corrected chi connectivity index (χ4v) is 3.29. The number of carbonyl (C=O) groups excluding carboxylic acids is 1. The van der Waals surface area contributed by atoms with Gasteiger partial charge in [0.15, 0.2) is 0 Å². The third-order valence-electron chi connectivity index (χ3n) is 4.16. The van der Waals surface area contributed by atoms with Crippen LogP contribution in [-0.2, 0) is 0 Å². The Bertz CT molecular complexity index is 1170. The van der Waals surface area contributed by atoms with Crippen molar-refractivity contribution in [3.05, 3.63) is 81.8 Å². The largest absolute Gasteiger partial charge is 0.478 e. The minimum Gasteiger partial charge on any atom is -0.478 e. The van der Waals surface area contributed by atoms with Crippen LogP contribution in [0.25, 0.3) is 21.8 Å². The summed E-state index contributed by atoms with van der Waals surface area (Å²) in [7, 11) is 0. The van der Waals surface area contributed by atoms with E-state index >= 15 is 0 Å². The van der Waals surface area contributed by atoms with E-state index in [-0.39, 0.29) is 11.1 Å². The van der Waals surface area contributed by atoms with Crippen molar-refractivity contribution in [2.75, 3.05) is 0 Å². The fourth-order valence-electron chi connectivity index (χ4n) is 2.95. The van der Waals surface area contributed by atoms with Gasteiger partial charge in [-0.15, -0.1) is 0 Å². The molecule has 0 saturated carbocycles. The molecule has 1 heterocycles. The quantitative estimate of drug-likeness (QED) is 0.522. The lowest BCUT2D eigenvalue weighted by Gasteiger charge is -2.08. The van der Waals surface area contributed by atoms with E-state index in [0.717, 1.165) is 10.8 Å². The number of fused-ring (bicyclic) bond motifs is 3. The SMILES string of the molecule is O=C(O)c1cccc(C(=O)On2c3ccc(Cl)cc3c3cc(Cl)ccc32)c1. The lowest BCUT2D eigenvalue weighted by molar-refractivity contribution is 0.0501. The summed E-state index contributed by atoms with van der Waals surface area (Å²) in [5, 5.41) is 11.8. The molecule has 0 aliphatic heterocycles. The van der Waals surface area contributed by atoms with Gasteiger partial charge in [-0.3, -0.25) is 0 Å². The van der Waals surface area contributed by atoms with Crippen LogP contribution < -0.4 is 4.84 Å². The summed E-state index contributed by atoms with van der Waals surface area (Å²) in [5.74, 6) is -1.80.